The highest BCUT2D eigenvalue weighted by atomic mass is 32.1. The van der Waals surface area contributed by atoms with Crippen LogP contribution in [0.25, 0.3) is 0 Å². The zero-order chi connectivity index (χ0) is 18.4. The molecule has 0 spiro atoms. The van der Waals surface area contributed by atoms with E-state index < -0.39 is 0 Å². The summed E-state index contributed by atoms with van der Waals surface area (Å²) < 4.78 is 5.73. The van der Waals surface area contributed by atoms with E-state index in [9.17, 15) is 4.79 Å². The first-order valence-corrected chi connectivity index (χ1v) is 9.95. The van der Waals surface area contributed by atoms with Crippen molar-refractivity contribution in [3.8, 4) is 0 Å². The summed E-state index contributed by atoms with van der Waals surface area (Å²) in [5.41, 5.74) is 2.07. The number of carbonyl (C=O) groups excluding carboxylic acids is 1. The average molecular weight is 375 g/mol. The van der Waals surface area contributed by atoms with Crippen LogP contribution in [0.5, 0.6) is 0 Å². The van der Waals surface area contributed by atoms with Gasteiger partial charge in [-0.25, -0.2) is 9.78 Å². The normalized spacial score (nSPS) is 16.6. The van der Waals surface area contributed by atoms with Gasteiger partial charge in [0.1, 0.15) is 0 Å². The molecule has 0 radical (unpaired) electrons. The lowest BCUT2D eigenvalue weighted by atomic mass is 10.2. The van der Waals surface area contributed by atoms with E-state index >= 15 is 0 Å². The van der Waals surface area contributed by atoms with Crippen molar-refractivity contribution in [3.05, 3.63) is 45.7 Å². The molecule has 1 aliphatic heterocycles. The number of carbonyl (C=O) groups is 1. The maximum absolute atomic E-state index is 12.8. The molecule has 0 aliphatic carbocycles. The van der Waals surface area contributed by atoms with E-state index in [4.69, 9.17) is 4.74 Å². The highest BCUT2D eigenvalue weighted by Gasteiger charge is 2.23. The highest BCUT2D eigenvalue weighted by molar-refractivity contribution is 7.11. The van der Waals surface area contributed by atoms with E-state index in [1.54, 1.807) is 23.7 Å². The Hall–Kier alpha value is -1.99. The van der Waals surface area contributed by atoms with Crippen LogP contribution in [-0.4, -0.2) is 40.2 Å². The summed E-state index contributed by atoms with van der Waals surface area (Å²) >= 11 is 1.67. The van der Waals surface area contributed by atoms with Crippen molar-refractivity contribution in [3.63, 3.8) is 0 Å². The Bertz CT molecular complexity index is 714. The summed E-state index contributed by atoms with van der Waals surface area (Å²) in [6.45, 7) is 6.55. The van der Waals surface area contributed by atoms with Crippen LogP contribution < -0.4 is 5.32 Å². The second-order valence-electron chi connectivity index (χ2n) is 6.50. The van der Waals surface area contributed by atoms with Crippen LogP contribution in [0.3, 0.4) is 0 Å². The van der Waals surface area contributed by atoms with Crippen molar-refractivity contribution >= 4 is 17.4 Å². The van der Waals surface area contributed by atoms with E-state index in [0.717, 1.165) is 47.0 Å². The Morgan fingerprint density at radius 3 is 2.88 bits per heavy atom. The van der Waals surface area contributed by atoms with Gasteiger partial charge in [-0.1, -0.05) is 6.92 Å². The van der Waals surface area contributed by atoms with Gasteiger partial charge in [0.25, 0.3) is 0 Å². The van der Waals surface area contributed by atoms with E-state index in [2.05, 4.69) is 22.2 Å². The lowest BCUT2D eigenvalue weighted by Crippen LogP contribution is -2.43. The third kappa shape index (κ3) is 5.02. The highest BCUT2D eigenvalue weighted by Crippen LogP contribution is 2.19. The van der Waals surface area contributed by atoms with Crippen molar-refractivity contribution in [2.45, 2.75) is 52.3 Å². The molecule has 2 aromatic rings. The molecule has 26 heavy (non-hydrogen) atoms. The van der Waals surface area contributed by atoms with Gasteiger partial charge in [-0.3, -0.25) is 4.98 Å². The minimum Gasteiger partial charge on any atom is -0.376 e. The summed E-state index contributed by atoms with van der Waals surface area (Å²) in [5, 5.41) is 4.17. The number of urea groups is 1. The molecule has 2 amide bonds. The molecular weight excluding hydrogens is 348 g/mol. The lowest BCUT2D eigenvalue weighted by molar-refractivity contribution is 0.0794. The molecule has 140 valence electrons. The van der Waals surface area contributed by atoms with Gasteiger partial charge in [0, 0.05) is 37.0 Å². The number of nitrogens with zero attached hydrogens (tertiary/aromatic N) is 3. The first-order valence-electron chi connectivity index (χ1n) is 9.14. The largest absolute Gasteiger partial charge is 0.376 e. The number of amides is 2. The molecule has 2 aromatic heterocycles. The zero-order valence-electron chi connectivity index (χ0n) is 15.4. The molecule has 0 saturated carbocycles. The summed E-state index contributed by atoms with van der Waals surface area (Å²) in [4.78, 5) is 24.4. The molecule has 1 saturated heterocycles. The Kier molecular flexibility index (Phi) is 6.57. The number of ether oxygens (including phenoxy) is 1. The summed E-state index contributed by atoms with van der Waals surface area (Å²) in [6.07, 6.45) is 6.63. The molecule has 3 heterocycles. The summed E-state index contributed by atoms with van der Waals surface area (Å²) in [6, 6.07) is 3.82. The molecule has 6 nitrogen and oxygen atoms in total. The van der Waals surface area contributed by atoms with Crippen molar-refractivity contribution in [1.29, 1.82) is 0 Å². The van der Waals surface area contributed by atoms with Gasteiger partial charge in [-0.15, -0.1) is 11.3 Å². The van der Waals surface area contributed by atoms with Gasteiger partial charge in [0.15, 0.2) is 0 Å². The third-order valence-electron chi connectivity index (χ3n) is 4.50. The van der Waals surface area contributed by atoms with Gasteiger partial charge >= 0.3 is 6.03 Å². The van der Waals surface area contributed by atoms with Crippen LogP contribution in [0.15, 0.2) is 24.5 Å². The Labute approximate surface area is 158 Å². The van der Waals surface area contributed by atoms with Crippen molar-refractivity contribution in [2.24, 2.45) is 0 Å². The number of nitrogens with one attached hydrogen (secondary N) is 1. The number of hydrogen-bond acceptors (Lipinski definition) is 5. The van der Waals surface area contributed by atoms with Gasteiger partial charge < -0.3 is 15.0 Å². The van der Waals surface area contributed by atoms with Crippen LogP contribution in [-0.2, 0) is 24.2 Å². The first-order chi connectivity index (χ1) is 12.7. The topological polar surface area (TPSA) is 67.4 Å². The number of aromatic nitrogens is 2. The molecule has 1 aliphatic rings. The first kappa shape index (κ1) is 18.8. The van der Waals surface area contributed by atoms with Gasteiger partial charge in [-0.05, 0) is 43.9 Å². The fourth-order valence-corrected chi connectivity index (χ4v) is 3.98. The van der Waals surface area contributed by atoms with Crippen LogP contribution in [0.1, 0.15) is 40.9 Å². The molecule has 0 aromatic carbocycles. The van der Waals surface area contributed by atoms with Gasteiger partial charge in [0.2, 0.25) is 0 Å². The van der Waals surface area contributed by atoms with Crippen molar-refractivity contribution in [2.75, 3.05) is 13.2 Å². The minimum atomic E-state index is -0.0665. The number of aryl methyl sites for hydroxylation is 2. The quantitative estimate of drug-likeness (QED) is 0.807. The fourth-order valence-electron chi connectivity index (χ4n) is 3.03. The zero-order valence-corrected chi connectivity index (χ0v) is 16.2. The molecule has 0 unspecified atom stereocenters. The van der Waals surface area contributed by atoms with E-state index in [-0.39, 0.29) is 12.1 Å². The molecule has 1 fully saturated rings. The fraction of sp³-hybridized carbons (Fsp3) is 0.526. The molecule has 1 atom stereocenters. The van der Waals surface area contributed by atoms with Gasteiger partial charge in [0.05, 0.1) is 23.4 Å². The molecular formula is C19H26N4O2S. The maximum atomic E-state index is 12.8. The SMILES string of the molecule is CCc1nc(C)c(CNC(=O)N(Cc2ccncc2)C[C@H]2CCCO2)s1. The average Bonchev–Trinajstić information content (AvgIpc) is 3.29. The van der Waals surface area contributed by atoms with E-state index in [0.29, 0.717) is 19.6 Å². The predicted molar refractivity (Wildman–Crippen MR) is 102 cm³/mol. The number of hydrogen-bond donors (Lipinski definition) is 1. The van der Waals surface area contributed by atoms with Gasteiger partial charge in [-0.2, -0.15) is 0 Å². The number of rotatable bonds is 7. The van der Waals surface area contributed by atoms with Crippen molar-refractivity contribution in [1.82, 2.24) is 20.2 Å². The van der Waals surface area contributed by atoms with E-state index in [1.165, 1.54) is 0 Å². The van der Waals surface area contributed by atoms with Crippen LogP contribution >= 0.6 is 11.3 Å². The maximum Gasteiger partial charge on any atom is 0.318 e. The lowest BCUT2D eigenvalue weighted by Gasteiger charge is -2.25. The second kappa shape index (κ2) is 9.09. The predicted octanol–water partition coefficient (Wildman–Crippen LogP) is 3.30. The summed E-state index contributed by atoms with van der Waals surface area (Å²) in [7, 11) is 0. The minimum absolute atomic E-state index is 0.0665. The summed E-state index contributed by atoms with van der Waals surface area (Å²) in [5.74, 6) is 0. The van der Waals surface area contributed by atoms with Crippen molar-refractivity contribution < 1.29 is 9.53 Å². The Morgan fingerprint density at radius 2 is 2.23 bits per heavy atom. The second-order valence-corrected chi connectivity index (χ2v) is 7.67. The molecule has 3 rings (SSSR count). The molecule has 1 N–H and O–H groups in total. The Morgan fingerprint density at radius 1 is 1.42 bits per heavy atom. The molecule has 7 heteroatoms. The standard InChI is InChI=1S/C19H26N4O2S/c1-3-18-22-14(2)17(26-18)11-21-19(24)23(13-16-5-4-10-25-16)12-15-6-8-20-9-7-15/h6-9,16H,3-5,10-13H2,1-2H3,(H,21,24)/t16-/m1/s1. The number of thiazole rings is 1. The van der Waals surface area contributed by atoms with Crippen LogP contribution in [0, 0.1) is 6.92 Å². The van der Waals surface area contributed by atoms with Crippen LogP contribution in [0.2, 0.25) is 0 Å². The van der Waals surface area contributed by atoms with Crippen LogP contribution in [0.4, 0.5) is 4.79 Å². The monoisotopic (exact) mass is 374 g/mol. The Balaban J connectivity index is 1.63. The smallest absolute Gasteiger partial charge is 0.318 e. The van der Waals surface area contributed by atoms with E-state index in [1.807, 2.05) is 24.0 Å². The number of pyridine rings is 1. The molecule has 0 bridgehead atoms. The third-order valence-corrected chi connectivity index (χ3v) is 5.80.